The maximum Gasteiger partial charge on any atom is 0.411 e. The van der Waals surface area contributed by atoms with Crippen LogP contribution in [-0.4, -0.2) is 6.09 Å². The van der Waals surface area contributed by atoms with Crippen molar-refractivity contribution < 1.29 is 9.53 Å². The SMILES string of the molecule is CC(C)(C#N)c1ccc(NC(=O)OCc2ccccc2)cc1. The summed E-state index contributed by atoms with van der Waals surface area (Å²) in [6.07, 6.45) is -0.504. The van der Waals surface area contributed by atoms with E-state index in [1.807, 2.05) is 56.3 Å². The second-order valence-electron chi connectivity index (χ2n) is 5.50. The van der Waals surface area contributed by atoms with Gasteiger partial charge in [0.05, 0.1) is 11.5 Å². The molecule has 112 valence electrons. The van der Waals surface area contributed by atoms with E-state index in [2.05, 4.69) is 11.4 Å². The van der Waals surface area contributed by atoms with Gasteiger partial charge in [-0.2, -0.15) is 5.26 Å². The number of amides is 1. The highest BCUT2D eigenvalue weighted by atomic mass is 16.5. The third-order valence-corrected chi connectivity index (χ3v) is 3.35. The molecule has 0 aromatic heterocycles. The fraction of sp³-hybridized carbons (Fsp3) is 0.222. The number of carbonyl (C=O) groups is 1. The van der Waals surface area contributed by atoms with Crippen molar-refractivity contribution in [3.8, 4) is 6.07 Å². The molecule has 0 atom stereocenters. The van der Waals surface area contributed by atoms with Gasteiger partial charge in [-0.05, 0) is 37.1 Å². The lowest BCUT2D eigenvalue weighted by Crippen LogP contribution is -2.15. The molecule has 0 aliphatic rings. The van der Waals surface area contributed by atoms with Crippen molar-refractivity contribution in [2.45, 2.75) is 25.9 Å². The largest absolute Gasteiger partial charge is 0.444 e. The molecule has 4 heteroatoms. The molecule has 0 aliphatic heterocycles. The molecule has 1 N–H and O–H groups in total. The lowest BCUT2D eigenvalue weighted by Gasteiger charge is -2.16. The van der Waals surface area contributed by atoms with Gasteiger partial charge < -0.3 is 4.74 Å². The zero-order valence-electron chi connectivity index (χ0n) is 12.7. The van der Waals surface area contributed by atoms with E-state index in [4.69, 9.17) is 10.00 Å². The predicted octanol–water partition coefficient (Wildman–Crippen LogP) is 4.24. The van der Waals surface area contributed by atoms with Crippen molar-refractivity contribution in [2.75, 3.05) is 5.32 Å². The zero-order chi connectivity index (χ0) is 16.0. The third kappa shape index (κ3) is 4.10. The third-order valence-electron chi connectivity index (χ3n) is 3.35. The highest BCUT2D eigenvalue weighted by molar-refractivity contribution is 5.84. The molecule has 2 rings (SSSR count). The standard InChI is InChI=1S/C18H18N2O2/c1-18(2,13-19)15-8-10-16(11-9-15)20-17(21)22-12-14-6-4-3-5-7-14/h3-11H,12H2,1-2H3,(H,20,21). The van der Waals surface area contributed by atoms with Crippen LogP contribution in [-0.2, 0) is 16.8 Å². The second-order valence-corrected chi connectivity index (χ2v) is 5.50. The summed E-state index contributed by atoms with van der Waals surface area (Å²) < 4.78 is 5.15. The number of ether oxygens (including phenoxy) is 1. The first-order valence-corrected chi connectivity index (χ1v) is 7.01. The van der Waals surface area contributed by atoms with Gasteiger partial charge in [-0.15, -0.1) is 0 Å². The average molecular weight is 294 g/mol. The fourth-order valence-electron chi connectivity index (χ4n) is 1.91. The molecule has 0 bridgehead atoms. The van der Waals surface area contributed by atoms with Crippen LogP contribution < -0.4 is 5.32 Å². The maximum absolute atomic E-state index is 11.7. The van der Waals surface area contributed by atoms with Crippen molar-refractivity contribution >= 4 is 11.8 Å². The minimum atomic E-state index is -0.549. The Morgan fingerprint density at radius 1 is 1.14 bits per heavy atom. The Kier molecular flexibility index (Phi) is 4.80. The summed E-state index contributed by atoms with van der Waals surface area (Å²) in [7, 11) is 0. The number of carbonyl (C=O) groups excluding carboxylic acids is 1. The van der Waals surface area contributed by atoms with Gasteiger partial charge in [-0.1, -0.05) is 42.5 Å². The summed E-state index contributed by atoms with van der Waals surface area (Å²) >= 11 is 0. The Morgan fingerprint density at radius 3 is 2.36 bits per heavy atom. The summed E-state index contributed by atoms with van der Waals surface area (Å²) in [5.41, 5.74) is 1.92. The summed E-state index contributed by atoms with van der Waals surface area (Å²) in [5, 5.41) is 11.8. The van der Waals surface area contributed by atoms with Crippen LogP contribution in [0.3, 0.4) is 0 Å². The number of anilines is 1. The van der Waals surface area contributed by atoms with Crippen LogP contribution in [0.25, 0.3) is 0 Å². The highest BCUT2D eigenvalue weighted by Gasteiger charge is 2.19. The molecular weight excluding hydrogens is 276 g/mol. The van der Waals surface area contributed by atoms with E-state index in [0.29, 0.717) is 5.69 Å². The van der Waals surface area contributed by atoms with Crippen molar-refractivity contribution in [3.05, 3.63) is 65.7 Å². The molecule has 1 amide bonds. The molecule has 2 aromatic rings. The molecule has 0 spiro atoms. The lowest BCUT2D eigenvalue weighted by atomic mass is 9.86. The summed E-state index contributed by atoms with van der Waals surface area (Å²) in [6.45, 7) is 3.93. The maximum atomic E-state index is 11.7. The number of hydrogen-bond acceptors (Lipinski definition) is 3. The smallest absolute Gasteiger partial charge is 0.411 e. The minimum absolute atomic E-state index is 0.228. The van der Waals surface area contributed by atoms with Crippen LogP contribution in [0.1, 0.15) is 25.0 Å². The van der Waals surface area contributed by atoms with Crippen molar-refractivity contribution in [2.24, 2.45) is 0 Å². The van der Waals surface area contributed by atoms with Gasteiger partial charge in [0.25, 0.3) is 0 Å². The van der Waals surface area contributed by atoms with E-state index in [0.717, 1.165) is 11.1 Å². The first kappa shape index (κ1) is 15.6. The Hall–Kier alpha value is -2.80. The van der Waals surface area contributed by atoms with Crippen molar-refractivity contribution in [3.63, 3.8) is 0 Å². The minimum Gasteiger partial charge on any atom is -0.444 e. The van der Waals surface area contributed by atoms with Gasteiger partial charge in [0.1, 0.15) is 6.61 Å². The molecule has 0 heterocycles. The van der Waals surface area contributed by atoms with Crippen LogP contribution in [0.4, 0.5) is 10.5 Å². The Bertz CT molecular complexity index is 670. The van der Waals surface area contributed by atoms with Crippen molar-refractivity contribution in [1.82, 2.24) is 0 Å². The van der Waals surface area contributed by atoms with Crippen LogP contribution in [0.5, 0.6) is 0 Å². The van der Waals surface area contributed by atoms with Crippen LogP contribution in [0.15, 0.2) is 54.6 Å². The number of rotatable bonds is 4. The number of hydrogen-bond donors (Lipinski definition) is 1. The topological polar surface area (TPSA) is 62.1 Å². The monoisotopic (exact) mass is 294 g/mol. The van der Waals surface area contributed by atoms with Gasteiger partial charge in [0.2, 0.25) is 0 Å². The van der Waals surface area contributed by atoms with Gasteiger partial charge in [0.15, 0.2) is 0 Å². The number of benzene rings is 2. The molecule has 0 unspecified atom stereocenters. The molecule has 0 radical (unpaired) electrons. The number of nitriles is 1. The normalized spacial score (nSPS) is 10.6. The molecule has 4 nitrogen and oxygen atoms in total. The average Bonchev–Trinajstić information content (AvgIpc) is 2.54. The van der Waals surface area contributed by atoms with Crippen LogP contribution >= 0.6 is 0 Å². The van der Waals surface area contributed by atoms with E-state index < -0.39 is 11.5 Å². The zero-order valence-corrected chi connectivity index (χ0v) is 12.7. The van der Waals surface area contributed by atoms with E-state index in [-0.39, 0.29) is 6.61 Å². The lowest BCUT2D eigenvalue weighted by molar-refractivity contribution is 0.155. The summed E-state index contributed by atoms with van der Waals surface area (Å²) in [4.78, 5) is 11.7. The quantitative estimate of drug-likeness (QED) is 0.917. The molecule has 2 aromatic carbocycles. The van der Waals surface area contributed by atoms with Gasteiger partial charge in [-0.25, -0.2) is 4.79 Å². The molecular formula is C18H18N2O2. The predicted molar refractivity (Wildman–Crippen MR) is 85.3 cm³/mol. The van der Waals surface area contributed by atoms with Gasteiger partial charge >= 0.3 is 6.09 Å². The van der Waals surface area contributed by atoms with E-state index >= 15 is 0 Å². The van der Waals surface area contributed by atoms with Crippen LogP contribution in [0, 0.1) is 11.3 Å². The van der Waals surface area contributed by atoms with Crippen LogP contribution in [0.2, 0.25) is 0 Å². The first-order chi connectivity index (χ1) is 10.5. The summed E-state index contributed by atoms with van der Waals surface area (Å²) in [5.74, 6) is 0. The highest BCUT2D eigenvalue weighted by Crippen LogP contribution is 2.23. The second kappa shape index (κ2) is 6.77. The molecule has 0 saturated carbocycles. The van der Waals surface area contributed by atoms with Gasteiger partial charge in [-0.3, -0.25) is 5.32 Å². The number of nitrogens with one attached hydrogen (secondary N) is 1. The van der Waals surface area contributed by atoms with E-state index in [1.54, 1.807) is 12.1 Å². The fourth-order valence-corrected chi connectivity index (χ4v) is 1.91. The Labute approximate surface area is 130 Å². The van der Waals surface area contributed by atoms with E-state index in [1.165, 1.54) is 0 Å². The van der Waals surface area contributed by atoms with E-state index in [9.17, 15) is 4.79 Å². The Morgan fingerprint density at radius 2 is 1.77 bits per heavy atom. The molecule has 0 fully saturated rings. The van der Waals surface area contributed by atoms with Gasteiger partial charge in [0, 0.05) is 5.69 Å². The number of nitrogens with zero attached hydrogens (tertiary/aromatic N) is 1. The Balaban J connectivity index is 1.91. The first-order valence-electron chi connectivity index (χ1n) is 7.01. The molecule has 0 saturated heterocycles. The molecule has 0 aliphatic carbocycles. The molecule has 22 heavy (non-hydrogen) atoms. The summed E-state index contributed by atoms with van der Waals surface area (Å²) in [6, 6.07) is 18.9. The van der Waals surface area contributed by atoms with Crippen molar-refractivity contribution in [1.29, 1.82) is 5.26 Å².